The van der Waals surface area contributed by atoms with Gasteiger partial charge in [-0.15, -0.1) is 5.10 Å². The van der Waals surface area contributed by atoms with Crippen molar-refractivity contribution in [1.29, 1.82) is 0 Å². The maximum absolute atomic E-state index is 12.0. The lowest BCUT2D eigenvalue weighted by Crippen LogP contribution is -2.18. The maximum Gasteiger partial charge on any atom is 0.342 e. The molecule has 0 amide bonds. The van der Waals surface area contributed by atoms with Crippen LogP contribution < -0.4 is 10.3 Å². The molecule has 0 aliphatic rings. The highest BCUT2D eigenvalue weighted by atomic mass is 35.5. The Kier molecular flexibility index (Phi) is 5.22. The molecule has 0 saturated heterocycles. The lowest BCUT2D eigenvalue weighted by atomic mass is 10.1. The molecule has 4 rings (SSSR count). The molecule has 0 aliphatic carbocycles. The van der Waals surface area contributed by atoms with E-state index in [0.717, 1.165) is 11.8 Å². The molecule has 2 N–H and O–H groups in total. The molecular weight excluding hydrogens is 412 g/mol. The van der Waals surface area contributed by atoms with Gasteiger partial charge in [0, 0.05) is 22.3 Å². The molecule has 0 fully saturated rings. The Morgan fingerprint density at radius 2 is 2.07 bits per heavy atom. The number of ether oxygens (including phenoxy) is 1. The fourth-order valence-corrected chi connectivity index (χ4v) is 2.89. The number of rotatable bonds is 6. The molecule has 11 heteroatoms. The van der Waals surface area contributed by atoms with Crippen LogP contribution in [0.15, 0.2) is 59.8 Å². The number of benzene rings is 2. The van der Waals surface area contributed by atoms with Gasteiger partial charge >= 0.3 is 5.97 Å². The molecule has 30 heavy (non-hydrogen) atoms. The first-order chi connectivity index (χ1) is 14.5. The van der Waals surface area contributed by atoms with E-state index >= 15 is 0 Å². The van der Waals surface area contributed by atoms with Crippen LogP contribution in [0.4, 0.5) is 0 Å². The van der Waals surface area contributed by atoms with Gasteiger partial charge in [0.1, 0.15) is 35.8 Å². The fourth-order valence-electron chi connectivity index (χ4n) is 2.70. The number of aromatic nitrogens is 6. The van der Waals surface area contributed by atoms with Gasteiger partial charge in [-0.05, 0) is 34.7 Å². The summed E-state index contributed by atoms with van der Waals surface area (Å²) in [5.74, 6) is -0.694. The molecule has 0 radical (unpaired) electrons. The van der Waals surface area contributed by atoms with E-state index < -0.39 is 17.1 Å². The molecule has 0 bridgehead atoms. The van der Waals surface area contributed by atoms with Crippen molar-refractivity contribution in [2.45, 2.75) is 6.61 Å². The number of tetrazole rings is 1. The quantitative estimate of drug-likeness (QED) is 0.481. The fraction of sp³-hybridized carbons (Fsp3) is 0.0526. The smallest absolute Gasteiger partial charge is 0.342 e. The third-order valence-electron chi connectivity index (χ3n) is 4.20. The number of aromatic carboxylic acids is 1. The van der Waals surface area contributed by atoms with Crippen LogP contribution in [0.1, 0.15) is 15.9 Å². The van der Waals surface area contributed by atoms with Crippen LogP contribution in [0.5, 0.6) is 5.75 Å². The van der Waals surface area contributed by atoms with Crippen molar-refractivity contribution in [2.24, 2.45) is 0 Å². The summed E-state index contributed by atoms with van der Waals surface area (Å²) in [6.07, 6.45) is 2.40. The largest absolute Gasteiger partial charge is 0.487 e. The summed E-state index contributed by atoms with van der Waals surface area (Å²) >= 11 is 6.18. The van der Waals surface area contributed by atoms with Gasteiger partial charge in [0.15, 0.2) is 0 Å². The number of hydrogen-bond donors (Lipinski definition) is 2. The number of carboxylic acid groups (broad SMARTS) is 1. The number of halogens is 1. The number of carboxylic acids is 1. The van der Waals surface area contributed by atoms with E-state index in [1.54, 1.807) is 24.3 Å². The molecule has 0 unspecified atom stereocenters. The zero-order valence-electron chi connectivity index (χ0n) is 15.2. The standard InChI is InChI=1S/C19H13ClN6O4/c20-14-4-2-1-3-12(14)9-30-16-6-5-11(7-15(16)26-10-22-24-25-26)17-21-8-13(19(28)29)18(27)23-17/h1-8,10H,9H2,(H,28,29)(H,21,23,27). The Balaban J connectivity index is 1.71. The summed E-state index contributed by atoms with van der Waals surface area (Å²) in [4.78, 5) is 29.5. The van der Waals surface area contributed by atoms with Crippen LogP contribution in [-0.2, 0) is 6.61 Å². The zero-order chi connectivity index (χ0) is 21.1. The average Bonchev–Trinajstić information content (AvgIpc) is 3.27. The number of nitrogens with one attached hydrogen (secondary N) is 1. The molecule has 10 nitrogen and oxygen atoms in total. The summed E-state index contributed by atoms with van der Waals surface area (Å²) in [5.41, 5.74) is 0.616. The third kappa shape index (κ3) is 3.89. The number of aromatic amines is 1. The van der Waals surface area contributed by atoms with Crippen molar-refractivity contribution in [3.05, 3.63) is 81.5 Å². The third-order valence-corrected chi connectivity index (χ3v) is 4.57. The van der Waals surface area contributed by atoms with Crippen LogP contribution in [0.3, 0.4) is 0 Å². The minimum absolute atomic E-state index is 0.192. The first-order valence-corrected chi connectivity index (χ1v) is 8.97. The molecule has 0 spiro atoms. The second-order valence-corrected chi connectivity index (χ2v) is 6.50. The molecule has 2 heterocycles. The van der Waals surface area contributed by atoms with Crippen LogP contribution >= 0.6 is 11.6 Å². The number of nitrogens with zero attached hydrogens (tertiary/aromatic N) is 5. The number of H-pyrrole nitrogens is 1. The second-order valence-electron chi connectivity index (χ2n) is 6.10. The van der Waals surface area contributed by atoms with E-state index in [-0.39, 0.29) is 12.4 Å². The maximum atomic E-state index is 12.0. The predicted octanol–water partition coefficient (Wildman–Crippen LogP) is 2.34. The van der Waals surface area contributed by atoms with Crippen LogP contribution in [0, 0.1) is 0 Å². The summed E-state index contributed by atoms with van der Waals surface area (Å²) in [5, 5.41) is 20.7. The van der Waals surface area contributed by atoms with Crippen molar-refractivity contribution in [1.82, 2.24) is 30.2 Å². The molecule has 0 aliphatic heterocycles. The van der Waals surface area contributed by atoms with Crippen molar-refractivity contribution in [3.63, 3.8) is 0 Å². The highest BCUT2D eigenvalue weighted by Gasteiger charge is 2.14. The van der Waals surface area contributed by atoms with Gasteiger partial charge in [-0.1, -0.05) is 29.8 Å². The zero-order valence-corrected chi connectivity index (χ0v) is 15.9. The van der Waals surface area contributed by atoms with Gasteiger partial charge in [-0.2, -0.15) is 4.68 Å². The van der Waals surface area contributed by atoms with Crippen LogP contribution in [0.2, 0.25) is 5.02 Å². The van der Waals surface area contributed by atoms with Crippen LogP contribution in [-0.4, -0.2) is 41.3 Å². The van der Waals surface area contributed by atoms with Crippen molar-refractivity contribution >= 4 is 17.6 Å². The SMILES string of the molecule is O=C(O)c1cnc(-c2ccc(OCc3ccccc3Cl)c(-n3cnnn3)c2)[nH]c1=O. The molecule has 2 aromatic heterocycles. The molecular formula is C19H13ClN6O4. The minimum Gasteiger partial charge on any atom is -0.487 e. The number of hydrogen-bond acceptors (Lipinski definition) is 7. The average molecular weight is 425 g/mol. The Morgan fingerprint density at radius 3 is 2.77 bits per heavy atom. The lowest BCUT2D eigenvalue weighted by Gasteiger charge is -2.13. The molecule has 0 saturated carbocycles. The number of carbonyl (C=O) groups is 1. The highest BCUT2D eigenvalue weighted by molar-refractivity contribution is 6.31. The Morgan fingerprint density at radius 1 is 1.23 bits per heavy atom. The van der Waals surface area contributed by atoms with Gasteiger partial charge in [0.05, 0.1) is 0 Å². The summed E-state index contributed by atoms with van der Waals surface area (Å²) in [7, 11) is 0. The Hall–Kier alpha value is -4.05. The monoisotopic (exact) mass is 424 g/mol. The Labute approximate surface area is 173 Å². The topological polar surface area (TPSA) is 136 Å². The molecule has 4 aromatic rings. The van der Waals surface area contributed by atoms with Crippen molar-refractivity contribution in [2.75, 3.05) is 0 Å². The van der Waals surface area contributed by atoms with Gasteiger partial charge in [-0.3, -0.25) is 4.79 Å². The predicted molar refractivity (Wildman–Crippen MR) is 106 cm³/mol. The second kappa shape index (κ2) is 8.13. The van der Waals surface area contributed by atoms with E-state index in [1.165, 1.54) is 11.0 Å². The Bertz CT molecular complexity index is 1270. The molecule has 2 aromatic carbocycles. The lowest BCUT2D eigenvalue weighted by molar-refractivity contribution is 0.0694. The molecule has 0 atom stereocenters. The minimum atomic E-state index is -1.35. The normalized spacial score (nSPS) is 10.7. The van der Waals surface area contributed by atoms with Crippen molar-refractivity contribution in [3.8, 4) is 22.8 Å². The van der Waals surface area contributed by atoms with E-state index in [9.17, 15) is 9.59 Å². The van der Waals surface area contributed by atoms with E-state index in [0.29, 0.717) is 22.0 Å². The van der Waals surface area contributed by atoms with Crippen molar-refractivity contribution < 1.29 is 14.6 Å². The van der Waals surface area contributed by atoms with Gasteiger partial charge < -0.3 is 14.8 Å². The van der Waals surface area contributed by atoms with Gasteiger partial charge in [0.2, 0.25) is 0 Å². The van der Waals surface area contributed by atoms with Gasteiger partial charge in [0.25, 0.3) is 5.56 Å². The molecule has 150 valence electrons. The summed E-state index contributed by atoms with van der Waals surface area (Å²) in [6, 6.07) is 12.3. The van der Waals surface area contributed by atoms with Gasteiger partial charge in [-0.25, -0.2) is 9.78 Å². The summed E-state index contributed by atoms with van der Waals surface area (Å²) < 4.78 is 7.32. The highest BCUT2D eigenvalue weighted by Crippen LogP contribution is 2.28. The van der Waals surface area contributed by atoms with E-state index in [2.05, 4.69) is 25.5 Å². The first kappa shape index (κ1) is 19.3. The van der Waals surface area contributed by atoms with E-state index in [4.69, 9.17) is 21.4 Å². The van der Waals surface area contributed by atoms with E-state index in [1.807, 2.05) is 18.2 Å². The first-order valence-electron chi connectivity index (χ1n) is 8.59. The van der Waals surface area contributed by atoms with Crippen LogP contribution in [0.25, 0.3) is 17.1 Å². The summed E-state index contributed by atoms with van der Waals surface area (Å²) in [6.45, 7) is 0.219.